The van der Waals surface area contributed by atoms with Gasteiger partial charge in [-0.3, -0.25) is 24.2 Å². The molecular formula is C31H22ClF2N7O3. The van der Waals surface area contributed by atoms with Crippen LogP contribution in [0, 0.1) is 29.2 Å². The van der Waals surface area contributed by atoms with Crippen molar-refractivity contribution in [1.82, 2.24) is 10.3 Å². The second kappa shape index (κ2) is 12.1. The average Bonchev–Trinajstić information content (AvgIpc) is 3.39. The molecule has 220 valence electrons. The fourth-order valence-electron chi connectivity index (χ4n) is 5.39. The highest BCUT2D eigenvalue weighted by Crippen LogP contribution is 2.40. The van der Waals surface area contributed by atoms with Gasteiger partial charge in [0.15, 0.2) is 5.69 Å². The third-order valence-corrected chi connectivity index (χ3v) is 7.78. The molecule has 10 nitrogen and oxygen atoms in total. The lowest BCUT2D eigenvalue weighted by molar-refractivity contribution is -0.133. The largest absolute Gasteiger partial charge is 0.351 e. The summed E-state index contributed by atoms with van der Waals surface area (Å²) in [7, 11) is 0. The summed E-state index contributed by atoms with van der Waals surface area (Å²) in [6.07, 6.45) is 0.130. The summed E-state index contributed by atoms with van der Waals surface area (Å²) in [5.74, 6) is -4.93. The molecule has 0 spiro atoms. The number of anilines is 2. The van der Waals surface area contributed by atoms with Gasteiger partial charge in [0.2, 0.25) is 11.8 Å². The van der Waals surface area contributed by atoms with Crippen molar-refractivity contribution in [2.75, 3.05) is 9.80 Å². The van der Waals surface area contributed by atoms with E-state index in [1.807, 2.05) is 12.1 Å². The number of aromatic nitrogens is 1. The van der Waals surface area contributed by atoms with E-state index in [0.29, 0.717) is 0 Å². The molecule has 1 aliphatic carbocycles. The van der Waals surface area contributed by atoms with Gasteiger partial charge in [-0.2, -0.15) is 10.5 Å². The number of pyridine rings is 1. The minimum absolute atomic E-state index is 0.00320. The molecule has 5 rings (SSSR count). The van der Waals surface area contributed by atoms with Gasteiger partial charge in [-0.25, -0.2) is 18.6 Å². The van der Waals surface area contributed by atoms with E-state index in [4.69, 9.17) is 18.2 Å². The van der Waals surface area contributed by atoms with E-state index < -0.39 is 54.6 Å². The van der Waals surface area contributed by atoms with Crippen molar-refractivity contribution in [3.63, 3.8) is 0 Å². The third-order valence-electron chi connectivity index (χ3n) is 7.44. The van der Waals surface area contributed by atoms with E-state index in [1.54, 1.807) is 12.1 Å². The maximum Gasteiger partial charge on any atom is 0.252 e. The van der Waals surface area contributed by atoms with Crippen molar-refractivity contribution in [1.29, 1.82) is 10.5 Å². The molecule has 1 aromatic heterocycles. The first-order chi connectivity index (χ1) is 21.0. The average molecular weight is 614 g/mol. The normalized spacial score (nSPS) is 17.9. The highest BCUT2D eigenvalue weighted by Gasteiger charge is 2.48. The van der Waals surface area contributed by atoms with Gasteiger partial charge in [-0.15, -0.1) is 0 Å². The number of alkyl halides is 2. The topological polar surface area (TPSA) is 135 Å². The molecule has 1 saturated carbocycles. The van der Waals surface area contributed by atoms with E-state index in [2.05, 4.69) is 15.1 Å². The lowest BCUT2D eigenvalue weighted by Crippen LogP contribution is -2.56. The van der Waals surface area contributed by atoms with Crippen molar-refractivity contribution in [2.45, 2.75) is 49.7 Å². The summed E-state index contributed by atoms with van der Waals surface area (Å²) < 4.78 is 27.4. The minimum atomic E-state index is -2.94. The van der Waals surface area contributed by atoms with Crippen molar-refractivity contribution in [3.8, 4) is 12.1 Å². The number of nitrogens with one attached hydrogen (secondary N) is 1. The van der Waals surface area contributed by atoms with Crippen LogP contribution in [0.15, 0.2) is 60.8 Å². The van der Waals surface area contributed by atoms with E-state index in [9.17, 15) is 33.7 Å². The Bertz CT molecular complexity index is 1760. The number of nitriles is 2. The number of nitrogens with zero attached hydrogens (tertiary/aromatic N) is 6. The number of carbonyl (C=O) groups excluding carboxylic acids is 3. The highest BCUT2D eigenvalue weighted by atomic mass is 35.5. The number of hydrogen-bond acceptors (Lipinski definition) is 6. The monoisotopic (exact) mass is 613 g/mol. The summed E-state index contributed by atoms with van der Waals surface area (Å²) in [4.78, 5) is 51.6. The molecule has 2 heterocycles. The van der Waals surface area contributed by atoms with Crippen LogP contribution in [-0.2, 0) is 14.4 Å². The van der Waals surface area contributed by atoms with E-state index >= 15 is 0 Å². The van der Waals surface area contributed by atoms with Gasteiger partial charge in [0, 0.05) is 53.3 Å². The molecule has 2 fully saturated rings. The Morgan fingerprint density at radius 2 is 1.86 bits per heavy atom. The Labute approximate surface area is 255 Å². The van der Waals surface area contributed by atoms with Crippen LogP contribution in [0.5, 0.6) is 0 Å². The molecule has 2 atom stereocenters. The van der Waals surface area contributed by atoms with Crippen LogP contribution in [0.1, 0.15) is 48.4 Å². The number of hydrogen-bond donors (Lipinski definition) is 1. The summed E-state index contributed by atoms with van der Waals surface area (Å²) in [5.41, 5.74) is 0.352. The Morgan fingerprint density at radius 3 is 2.52 bits per heavy atom. The lowest BCUT2D eigenvalue weighted by atomic mass is 9.87. The number of halogens is 3. The Kier molecular flexibility index (Phi) is 8.26. The van der Waals surface area contributed by atoms with Crippen molar-refractivity contribution < 1.29 is 23.2 Å². The summed E-state index contributed by atoms with van der Waals surface area (Å²) >= 11 is 6.54. The Morgan fingerprint density at radius 1 is 1.14 bits per heavy atom. The number of amides is 3. The van der Waals surface area contributed by atoms with Crippen molar-refractivity contribution in [3.05, 3.63) is 93.9 Å². The van der Waals surface area contributed by atoms with Crippen LogP contribution in [-0.4, -0.2) is 40.7 Å². The van der Waals surface area contributed by atoms with Gasteiger partial charge in [-0.1, -0.05) is 29.8 Å². The van der Waals surface area contributed by atoms with Crippen LogP contribution in [0.3, 0.4) is 0 Å². The Hall–Kier alpha value is -5.38. The summed E-state index contributed by atoms with van der Waals surface area (Å²) in [6, 6.07) is 13.2. The van der Waals surface area contributed by atoms with Crippen LogP contribution in [0.25, 0.3) is 4.85 Å². The fraction of sp³-hybridized carbons (Fsp3) is 0.258. The lowest BCUT2D eigenvalue weighted by Gasteiger charge is -2.39. The summed E-state index contributed by atoms with van der Waals surface area (Å²) in [5, 5.41) is 21.8. The van der Waals surface area contributed by atoms with E-state index in [1.165, 1.54) is 48.7 Å². The first-order valence-corrected chi connectivity index (χ1v) is 13.8. The minimum Gasteiger partial charge on any atom is -0.351 e. The smallest absolute Gasteiger partial charge is 0.252 e. The van der Waals surface area contributed by atoms with Crippen molar-refractivity contribution >= 4 is 46.5 Å². The van der Waals surface area contributed by atoms with Gasteiger partial charge >= 0.3 is 0 Å². The van der Waals surface area contributed by atoms with Crippen LogP contribution < -0.4 is 15.1 Å². The molecule has 1 saturated heterocycles. The number of rotatable bonds is 7. The first-order valence-electron chi connectivity index (χ1n) is 13.4. The molecular weight excluding hydrogens is 592 g/mol. The summed E-state index contributed by atoms with van der Waals surface area (Å²) in [6.45, 7) is 7.54. The predicted octanol–water partition coefficient (Wildman–Crippen LogP) is 5.21. The Balaban J connectivity index is 1.67. The van der Waals surface area contributed by atoms with Gasteiger partial charge in [-0.05, 0) is 42.8 Å². The molecule has 2 aliphatic rings. The zero-order chi connectivity index (χ0) is 31.6. The van der Waals surface area contributed by atoms with E-state index in [0.717, 1.165) is 9.80 Å². The van der Waals surface area contributed by atoms with Gasteiger partial charge in [0.05, 0.1) is 24.3 Å². The maximum absolute atomic E-state index is 14.7. The second-order valence-corrected chi connectivity index (χ2v) is 10.8. The highest BCUT2D eigenvalue weighted by molar-refractivity contribution is 6.31. The zero-order valence-corrected chi connectivity index (χ0v) is 23.6. The standard InChI is InChI=1S/C31H22ClF2N7O3/c1-37-20-10-19(17-36)11-22(13-20)40(30(44)25-6-7-27(42)41(25)26-12-18(16-35)8-9-38-26)28(23-4-2-3-5-24(23)32)29(43)39-21-14-31(33,34)15-21/h2-5,8-13,21,25,28H,6-7,14-15H2,(H,39,43)/t25-,28-/m0/s1. The number of carbonyl (C=O) groups is 3. The second-order valence-electron chi connectivity index (χ2n) is 10.4. The molecule has 3 amide bonds. The molecule has 0 radical (unpaired) electrons. The van der Waals surface area contributed by atoms with Crippen LogP contribution in [0.4, 0.5) is 26.0 Å². The molecule has 13 heteroatoms. The molecule has 0 unspecified atom stereocenters. The maximum atomic E-state index is 14.7. The molecule has 2 aromatic carbocycles. The number of benzene rings is 2. The van der Waals surface area contributed by atoms with Crippen LogP contribution >= 0.6 is 11.6 Å². The van der Waals surface area contributed by atoms with Gasteiger partial charge in [0.1, 0.15) is 17.9 Å². The van der Waals surface area contributed by atoms with Gasteiger partial charge < -0.3 is 5.32 Å². The van der Waals surface area contributed by atoms with Gasteiger partial charge in [0.25, 0.3) is 11.8 Å². The molecule has 44 heavy (non-hydrogen) atoms. The molecule has 1 aliphatic heterocycles. The molecule has 0 bridgehead atoms. The van der Waals surface area contributed by atoms with Crippen molar-refractivity contribution in [2.24, 2.45) is 0 Å². The molecule has 3 aromatic rings. The quantitative estimate of drug-likeness (QED) is 0.363. The fourth-order valence-corrected chi connectivity index (χ4v) is 5.63. The SMILES string of the molecule is [C-]#[N+]c1cc(C#N)cc(N(C(=O)[C@@H]2CCC(=O)N2c2cc(C#N)ccn2)[C@H](C(=O)NC2CC(F)(F)C2)c2ccccc2Cl)c1. The zero-order valence-electron chi connectivity index (χ0n) is 22.9. The third kappa shape index (κ3) is 5.92. The first kappa shape index (κ1) is 30.1. The van der Waals surface area contributed by atoms with E-state index in [-0.39, 0.29) is 51.7 Å². The molecule has 1 N–H and O–H groups in total. The van der Waals surface area contributed by atoms with Crippen LogP contribution in [0.2, 0.25) is 5.02 Å². The predicted molar refractivity (Wildman–Crippen MR) is 155 cm³/mol.